The Morgan fingerprint density at radius 3 is 2.64 bits per heavy atom. The van der Waals surface area contributed by atoms with Gasteiger partial charge in [-0.2, -0.15) is 0 Å². The molecule has 1 aromatic rings. The van der Waals surface area contributed by atoms with E-state index in [0.717, 1.165) is 40.6 Å². The zero-order valence-corrected chi connectivity index (χ0v) is 19.9. The molecule has 1 N–H and O–H groups in total. The van der Waals surface area contributed by atoms with Crippen LogP contribution in [0.25, 0.3) is 0 Å². The Balaban J connectivity index is 2.12. The average molecular weight is 566 g/mol. The highest BCUT2D eigenvalue weighted by Gasteiger charge is 2.47. The summed E-state index contributed by atoms with van der Waals surface area (Å²) in [6, 6.07) is 0. The molecule has 0 aromatic heterocycles. The van der Waals surface area contributed by atoms with Gasteiger partial charge in [0.25, 0.3) is 0 Å². The molecule has 0 unspecified atom stereocenters. The summed E-state index contributed by atoms with van der Waals surface area (Å²) < 4.78 is 8.78. The Hall–Kier alpha value is 0.0200. The quantitative estimate of drug-likeness (QED) is 0.243. The number of ether oxygens (including phenoxy) is 1. The summed E-state index contributed by atoms with van der Waals surface area (Å²) in [5.74, 6) is 2.20. The number of phenols is 1. The van der Waals surface area contributed by atoms with Gasteiger partial charge in [-0.25, -0.2) is 0 Å². The van der Waals surface area contributed by atoms with Crippen LogP contribution in [0.3, 0.4) is 0 Å². The molecule has 0 bridgehead atoms. The van der Waals surface area contributed by atoms with Gasteiger partial charge in [-0.3, -0.25) is 0 Å². The molecule has 2 nitrogen and oxygen atoms in total. The van der Waals surface area contributed by atoms with E-state index in [1.54, 1.807) is 0 Å². The molecule has 0 spiro atoms. The lowest BCUT2D eigenvalue weighted by molar-refractivity contribution is 0.00652. The minimum Gasteiger partial charge on any atom is -0.506 e. The second kappa shape index (κ2) is 7.56. The summed E-state index contributed by atoms with van der Waals surface area (Å²) in [4.78, 5) is 0. The van der Waals surface area contributed by atoms with Crippen LogP contribution in [0.1, 0.15) is 76.8 Å². The van der Waals surface area contributed by atoms with Crippen LogP contribution in [-0.4, -0.2) is 10.7 Å². The van der Waals surface area contributed by atoms with Crippen molar-refractivity contribution in [2.24, 2.45) is 5.92 Å². The molecule has 0 saturated heterocycles. The summed E-state index contributed by atoms with van der Waals surface area (Å²) in [5, 5.41) is 11.1. The highest BCUT2D eigenvalue weighted by Crippen LogP contribution is 2.56. The first-order chi connectivity index (χ1) is 11.8. The number of fused-ring (bicyclic) bond motifs is 3. The van der Waals surface area contributed by atoms with E-state index in [9.17, 15) is 5.11 Å². The Morgan fingerprint density at radius 1 is 1.24 bits per heavy atom. The Morgan fingerprint density at radius 2 is 1.96 bits per heavy atom. The van der Waals surface area contributed by atoms with E-state index in [4.69, 9.17) is 4.74 Å². The van der Waals surface area contributed by atoms with Crippen molar-refractivity contribution in [3.05, 3.63) is 29.9 Å². The van der Waals surface area contributed by atoms with Gasteiger partial charge in [0, 0.05) is 17.4 Å². The maximum absolute atomic E-state index is 11.1. The molecular formula is C21H28I2O2. The number of aromatic hydroxyl groups is 1. The second-order valence-corrected chi connectivity index (χ2v) is 10.2. The molecule has 25 heavy (non-hydrogen) atoms. The van der Waals surface area contributed by atoms with Gasteiger partial charge in [-0.1, -0.05) is 31.4 Å². The monoisotopic (exact) mass is 566 g/mol. The summed E-state index contributed by atoms with van der Waals surface area (Å²) in [6.45, 7) is 8.86. The minimum absolute atomic E-state index is 0.200. The number of rotatable bonds is 4. The first kappa shape index (κ1) is 19.8. The van der Waals surface area contributed by atoms with Gasteiger partial charge in [0.1, 0.15) is 17.1 Å². The molecule has 0 radical (unpaired) electrons. The minimum atomic E-state index is -0.200. The number of allylic oxidation sites excluding steroid dienone is 2. The predicted octanol–water partition coefficient (Wildman–Crippen LogP) is 6.95. The smallest absolute Gasteiger partial charge is 0.140 e. The van der Waals surface area contributed by atoms with Crippen molar-refractivity contribution in [3.8, 4) is 11.5 Å². The fourth-order valence-corrected chi connectivity index (χ4v) is 6.70. The van der Waals surface area contributed by atoms with Crippen molar-refractivity contribution in [1.29, 1.82) is 0 Å². The first-order valence-corrected chi connectivity index (χ1v) is 11.5. The second-order valence-electron chi connectivity index (χ2n) is 8.06. The molecule has 1 aromatic carbocycles. The van der Waals surface area contributed by atoms with E-state index < -0.39 is 0 Å². The molecule has 1 heterocycles. The first-order valence-electron chi connectivity index (χ1n) is 9.35. The zero-order valence-electron chi connectivity index (χ0n) is 15.6. The number of hydrogen-bond acceptors (Lipinski definition) is 2. The van der Waals surface area contributed by atoms with Crippen LogP contribution >= 0.6 is 45.2 Å². The third-order valence-electron chi connectivity index (χ3n) is 5.84. The molecule has 2 aliphatic rings. The molecular weight excluding hydrogens is 538 g/mol. The highest BCUT2D eigenvalue weighted by atomic mass is 127. The third-order valence-corrected chi connectivity index (χ3v) is 8.15. The zero-order chi connectivity index (χ0) is 18.4. The van der Waals surface area contributed by atoms with Gasteiger partial charge in [0.05, 0.1) is 7.14 Å². The predicted molar refractivity (Wildman–Crippen MR) is 121 cm³/mol. The molecule has 4 heteroatoms. The number of hydrogen-bond donors (Lipinski definition) is 1. The van der Waals surface area contributed by atoms with E-state index in [1.807, 2.05) is 0 Å². The fraction of sp³-hybridized carbons (Fsp3) is 0.619. The van der Waals surface area contributed by atoms with Gasteiger partial charge in [-0.05, 0) is 97.2 Å². The van der Waals surface area contributed by atoms with E-state index in [-0.39, 0.29) is 5.60 Å². The largest absolute Gasteiger partial charge is 0.506 e. The van der Waals surface area contributed by atoms with E-state index >= 15 is 0 Å². The third kappa shape index (κ3) is 3.58. The fourth-order valence-electron chi connectivity index (χ4n) is 4.41. The lowest BCUT2D eigenvalue weighted by Gasteiger charge is -2.47. The van der Waals surface area contributed by atoms with E-state index in [0.29, 0.717) is 17.6 Å². The van der Waals surface area contributed by atoms with Gasteiger partial charge in [0.15, 0.2) is 0 Å². The topological polar surface area (TPSA) is 29.5 Å². The van der Waals surface area contributed by atoms with Crippen molar-refractivity contribution in [2.75, 3.05) is 0 Å². The molecule has 1 aliphatic heterocycles. The maximum Gasteiger partial charge on any atom is 0.140 e. The number of phenolic OH excluding ortho intramolecular Hbond substituents is 1. The molecule has 138 valence electrons. The Kier molecular flexibility index (Phi) is 5.98. The van der Waals surface area contributed by atoms with Crippen molar-refractivity contribution in [1.82, 2.24) is 0 Å². The maximum atomic E-state index is 11.1. The van der Waals surface area contributed by atoms with Crippen LogP contribution in [0, 0.1) is 13.1 Å². The van der Waals surface area contributed by atoms with Crippen molar-refractivity contribution in [3.63, 3.8) is 0 Å². The molecule has 0 fully saturated rings. The molecule has 0 saturated carbocycles. The highest BCUT2D eigenvalue weighted by molar-refractivity contribution is 14.1. The van der Waals surface area contributed by atoms with Gasteiger partial charge < -0.3 is 9.84 Å². The number of benzene rings is 1. The average Bonchev–Trinajstić information content (AvgIpc) is 2.55. The summed E-state index contributed by atoms with van der Waals surface area (Å²) >= 11 is 4.79. The van der Waals surface area contributed by atoms with Crippen LogP contribution < -0.4 is 4.74 Å². The molecule has 3 rings (SSSR count). The number of unbranched alkanes of at least 4 members (excludes halogenated alkanes) is 2. The van der Waals surface area contributed by atoms with Gasteiger partial charge >= 0.3 is 0 Å². The molecule has 2 atom stereocenters. The lowest BCUT2D eigenvalue weighted by Crippen LogP contribution is -2.45. The van der Waals surface area contributed by atoms with Crippen LogP contribution in [-0.2, 0) is 6.42 Å². The standard InChI is InChI=1S/C21H28I2O2/c1-5-6-7-8-13-17(22)19(24)16-14-11-12(2)9-10-15(14)21(3,4)25-20(16)18(13)23/h9,14-15,24H,5-8,10-11H2,1-4H3/t14-,15-/m1/s1. The van der Waals surface area contributed by atoms with Crippen LogP contribution in [0.4, 0.5) is 0 Å². The van der Waals surface area contributed by atoms with E-state index in [2.05, 4.69) is 79.0 Å². The molecule has 1 aliphatic carbocycles. The summed E-state index contributed by atoms with van der Waals surface area (Å²) in [6.07, 6.45) is 9.03. The SMILES string of the molecule is CCCCCc1c(I)c(O)c2c(c1I)OC(C)(C)[C@@H]1CC=C(C)C[C@@H]21. The molecule has 0 amide bonds. The summed E-state index contributed by atoms with van der Waals surface area (Å²) in [7, 11) is 0. The lowest BCUT2D eigenvalue weighted by atomic mass is 9.67. The van der Waals surface area contributed by atoms with Crippen LogP contribution in [0.5, 0.6) is 11.5 Å². The van der Waals surface area contributed by atoms with Gasteiger partial charge in [-0.15, -0.1) is 0 Å². The Labute approximate surface area is 179 Å². The number of halogens is 2. The van der Waals surface area contributed by atoms with Crippen LogP contribution in [0.15, 0.2) is 11.6 Å². The summed E-state index contributed by atoms with van der Waals surface area (Å²) in [5.41, 5.74) is 3.56. The van der Waals surface area contributed by atoms with Crippen molar-refractivity contribution < 1.29 is 9.84 Å². The van der Waals surface area contributed by atoms with Crippen molar-refractivity contribution >= 4 is 45.2 Å². The van der Waals surface area contributed by atoms with Gasteiger partial charge in [0.2, 0.25) is 0 Å². The van der Waals surface area contributed by atoms with Crippen molar-refractivity contribution in [2.45, 2.75) is 77.7 Å². The van der Waals surface area contributed by atoms with Crippen LogP contribution in [0.2, 0.25) is 0 Å². The Bertz CT molecular complexity index is 707. The van der Waals surface area contributed by atoms with E-state index in [1.165, 1.54) is 27.5 Å². The normalized spacial score (nSPS) is 24.2.